The number of piperidine rings is 1. The van der Waals surface area contributed by atoms with Crippen molar-refractivity contribution in [3.05, 3.63) is 7.05 Å². The third-order valence-electron chi connectivity index (χ3n) is 2.38. The molecule has 0 aromatic carbocycles. The lowest BCUT2D eigenvalue weighted by Crippen LogP contribution is -2.38. The molecule has 1 fully saturated rings. The minimum absolute atomic E-state index is 0.703. The van der Waals surface area contributed by atoms with Gasteiger partial charge < -0.3 is 4.90 Å². The monoisotopic (exact) mass is 126 g/mol. The van der Waals surface area contributed by atoms with Crippen LogP contribution in [0.15, 0.2) is 0 Å². The number of hydrogen-bond donors (Lipinski definition) is 0. The highest BCUT2D eigenvalue weighted by molar-refractivity contribution is 4.78. The van der Waals surface area contributed by atoms with E-state index in [2.05, 4.69) is 25.8 Å². The van der Waals surface area contributed by atoms with Crippen LogP contribution in [0.4, 0.5) is 0 Å². The summed E-state index contributed by atoms with van der Waals surface area (Å²) in [6.07, 6.45) is 4.04. The molecular formula is C8H16N-. The number of rotatable bonds is 0. The summed E-state index contributed by atoms with van der Waals surface area (Å²) in [6, 6.07) is 1.41. The predicted molar refractivity (Wildman–Crippen MR) is 40.0 cm³/mol. The third-order valence-corrected chi connectivity index (χ3v) is 2.38. The first kappa shape index (κ1) is 7.07. The standard InChI is InChI=1S/C8H16N/c1-7-5-4-6-8(2)9(7)3/h7-8H,3-6H2,1-2H3/q-1/t7-,8+. The molecule has 1 rings (SSSR count). The Kier molecular flexibility index (Phi) is 2.12. The van der Waals surface area contributed by atoms with Crippen molar-refractivity contribution in [1.29, 1.82) is 0 Å². The molecule has 54 valence electrons. The van der Waals surface area contributed by atoms with E-state index in [9.17, 15) is 0 Å². The summed E-state index contributed by atoms with van der Waals surface area (Å²) >= 11 is 0. The minimum atomic E-state index is 0.703. The molecule has 1 aliphatic rings. The van der Waals surface area contributed by atoms with Crippen molar-refractivity contribution in [3.63, 3.8) is 0 Å². The summed E-state index contributed by atoms with van der Waals surface area (Å²) in [4.78, 5) is 2.23. The van der Waals surface area contributed by atoms with Gasteiger partial charge in [-0.3, -0.25) is 7.05 Å². The Morgan fingerprint density at radius 3 is 2.00 bits per heavy atom. The van der Waals surface area contributed by atoms with E-state index in [0.29, 0.717) is 12.1 Å². The highest BCUT2D eigenvalue weighted by atomic mass is 15.2. The van der Waals surface area contributed by atoms with Gasteiger partial charge in [0.15, 0.2) is 0 Å². The first-order valence-electron chi connectivity index (χ1n) is 3.80. The van der Waals surface area contributed by atoms with Crippen molar-refractivity contribution in [2.45, 2.75) is 45.2 Å². The number of nitrogens with zero attached hydrogens (tertiary/aromatic N) is 1. The average molecular weight is 126 g/mol. The first-order valence-corrected chi connectivity index (χ1v) is 3.80. The van der Waals surface area contributed by atoms with Crippen molar-refractivity contribution in [3.8, 4) is 0 Å². The Morgan fingerprint density at radius 1 is 1.22 bits per heavy atom. The van der Waals surface area contributed by atoms with Crippen molar-refractivity contribution in [2.75, 3.05) is 0 Å². The van der Waals surface area contributed by atoms with Gasteiger partial charge in [0.1, 0.15) is 0 Å². The molecule has 0 N–H and O–H groups in total. The fourth-order valence-corrected chi connectivity index (χ4v) is 1.47. The zero-order valence-corrected chi connectivity index (χ0v) is 6.43. The zero-order valence-electron chi connectivity index (χ0n) is 6.43. The molecule has 2 atom stereocenters. The normalized spacial score (nSPS) is 39.0. The summed E-state index contributed by atoms with van der Waals surface area (Å²) < 4.78 is 0. The van der Waals surface area contributed by atoms with E-state index in [-0.39, 0.29) is 0 Å². The van der Waals surface area contributed by atoms with E-state index >= 15 is 0 Å². The Bertz CT molecular complexity index is 80.6. The van der Waals surface area contributed by atoms with Gasteiger partial charge in [-0.25, -0.2) is 0 Å². The van der Waals surface area contributed by atoms with Gasteiger partial charge in [0.25, 0.3) is 0 Å². The van der Waals surface area contributed by atoms with Crippen LogP contribution in [0.3, 0.4) is 0 Å². The molecule has 0 aromatic rings. The van der Waals surface area contributed by atoms with Gasteiger partial charge in [-0.15, -0.1) is 0 Å². The highest BCUT2D eigenvalue weighted by Gasteiger charge is 2.15. The fourth-order valence-electron chi connectivity index (χ4n) is 1.47. The van der Waals surface area contributed by atoms with E-state index in [0.717, 1.165) is 0 Å². The maximum atomic E-state index is 3.99. The molecule has 1 heteroatoms. The molecule has 0 unspecified atom stereocenters. The Hall–Kier alpha value is -0.0400. The van der Waals surface area contributed by atoms with Gasteiger partial charge in [0, 0.05) is 0 Å². The van der Waals surface area contributed by atoms with Gasteiger partial charge in [-0.2, -0.15) is 0 Å². The van der Waals surface area contributed by atoms with E-state index in [1.165, 1.54) is 19.3 Å². The minimum Gasteiger partial charge on any atom is -0.454 e. The molecule has 0 saturated carbocycles. The summed E-state index contributed by atoms with van der Waals surface area (Å²) in [5.41, 5.74) is 0. The second-order valence-corrected chi connectivity index (χ2v) is 3.14. The van der Waals surface area contributed by atoms with Crippen LogP contribution in [0.2, 0.25) is 0 Å². The Labute approximate surface area is 58.0 Å². The summed E-state index contributed by atoms with van der Waals surface area (Å²) in [5.74, 6) is 0. The second-order valence-electron chi connectivity index (χ2n) is 3.14. The zero-order chi connectivity index (χ0) is 6.85. The molecule has 1 aliphatic heterocycles. The quantitative estimate of drug-likeness (QED) is 0.449. The topological polar surface area (TPSA) is 3.24 Å². The van der Waals surface area contributed by atoms with Crippen LogP contribution in [0.25, 0.3) is 0 Å². The van der Waals surface area contributed by atoms with Gasteiger partial charge in [-0.1, -0.05) is 20.3 Å². The Morgan fingerprint density at radius 2 is 1.67 bits per heavy atom. The van der Waals surface area contributed by atoms with Gasteiger partial charge >= 0.3 is 0 Å². The molecule has 0 radical (unpaired) electrons. The molecule has 0 aliphatic carbocycles. The lowest BCUT2D eigenvalue weighted by atomic mass is 9.99. The van der Waals surface area contributed by atoms with Crippen LogP contribution in [0.1, 0.15) is 33.1 Å². The van der Waals surface area contributed by atoms with E-state index in [4.69, 9.17) is 0 Å². The molecule has 0 amide bonds. The van der Waals surface area contributed by atoms with E-state index in [1.54, 1.807) is 0 Å². The summed E-state index contributed by atoms with van der Waals surface area (Å²) in [6.45, 7) is 4.51. The molecule has 1 heterocycles. The molecule has 0 aromatic heterocycles. The maximum Gasteiger partial charge on any atom is -0.0212 e. The molecule has 9 heavy (non-hydrogen) atoms. The van der Waals surface area contributed by atoms with E-state index in [1.807, 2.05) is 0 Å². The molecule has 1 saturated heterocycles. The highest BCUT2D eigenvalue weighted by Crippen LogP contribution is 2.20. The number of hydrogen-bond acceptors (Lipinski definition) is 1. The van der Waals surface area contributed by atoms with Crippen LogP contribution >= 0.6 is 0 Å². The third kappa shape index (κ3) is 1.45. The largest absolute Gasteiger partial charge is 0.454 e. The predicted octanol–water partition coefficient (Wildman–Crippen LogP) is 2.04. The lowest BCUT2D eigenvalue weighted by Gasteiger charge is -2.42. The van der Waals surface area contributed by atoms with Gasteiger partial charge in [0.05, 0.1) is 0 Å². The summed E-state index contributed by atoms with van der Waals surface area (Å²) in [7, 11) is 3.99. The lowest BCUT2D eigenvalue weighted by molar-refractivity contribution is 0.160. The van der Waals surface area contributed by atoms with Crippen molar-refractivity contribution in [1.82, 2.24) is 4.90 Å². The molecule has 0 spiro atoms. The first-order chi connectivity index (χ1) is 4.22. The smallest absolute Gasteiger partial charge is 0.0212 e. The molecule has 0 bridgehead atoms. The summed E-state index contributed by atoms with van der Waals surface area (Å²) in [5, 5.41) is 0. The van der Waals surface area contributed by atoms with Crippen LogP contribution in [-0.2, 0) is 0 Å². The SMILES string of the molecule is [CH2-]N1[C@H](C)CCC[C@@H]1C. The number of likely N-dealkylation sites (tertiary alicyclic amines) is 1. The molecule has 1 nitrogen and oxygen atoms in total. The fraction of sp³-hybridized carbons (Fsp3) is 0.875. The van der Waals surface area contributed by atoms with Gasteiger partial charge in [0.2, 0.25) is 0 Å². The van der Waals surface area contributed by atoms with Gasteiger partial charge in [-0.05, 0) is 24.9 Å². The van der Waals surface area contributed by atoms with Crippen molar-refractivity contribution < 1.29 is 0 Å². The van der Waals surface area contributed by atoms with E-state index < -0.39 is 0 Å². The van der Waals surface area contributed by atoms with Crippen LogP contribution in [-0.4, -0.2) is 17.0 Å². The van der Waals surface area contributed by atoms with Crippen LogP contribution in [0.5, 0.6) is 0 Å². The van der Waals surface area contributed by atoms with Crippen LogP contribution in [0, 0.1) is 7.05 Å². The molecular weight excluding hydrogens is 110 g/mol. The average Bonchev–Trinajstić information content (AvgIpc) is 1.83. The van der Waals surface area contributed by atoms with Crippen LogP contribution < -0.4 is 0 Å². The second kappa shape index (κ2) is 2.70. The Balaban J connectivity index is 2.41. The van der Waals surface area contributed by atoms with Crippen molar-refractivity contribution in [2.24, 2.45) is 0 Å². The maximum absolute atomic E-state index is 3.99. The van der Waals surface area contributed by atoms with Crippen molar-refractivity contribution >= 4 is 0 Å².